The average Bonchev–Trinajstić information content (AvgIpc) is 2.97. The van der Waals surface area contributed by atoms with Gasteiger partial charge >= 0.3 is 6.03 Å². The lowest BCUT2D eigenvalue weighted by atomic mass is 9.96. The van der Waals surface area contributed by atoms with Gasteiger partial charge in [-0.15, -0.1) is 0 Å². The molecule has 2 aromatic rings. The third kappa shape index (κ3) is 8.16. The van der Waals surface area contributed by atoms with Gasteiger partial charge in [-0.25, -0.2) is 4.79 Å². The standard InChI is InChI=1S/C30H43N5O4/c1-21-17-35(22(2)20-36)29(37)16-24-15-26(33-30(38)32-25-7-5-4-6-8-25)9-10-27(24)39-28(21)19-34(3)18-23-11-13-31-14-12-23/h9-15,21-22,25,28,36H,4-8,16-20H2,1-3H3,(H2,32,33,38)/t21-,22+,28+/m0/s1. The molecule has 3 amide bonds. The molecule has 0 unspecified atom stereocenters. The van der Waals surface area contributed by atoms with E-state index in [-0.39, 0.29) is 49.1 Å². The molecule has 1 aliphatic heterocycles. The summed E-state index contributed by atoms with van der Waals surface area (Å²) in [6, 6.07) is 9.20. The van der Waals surface area contributed by atoms with Crippen molar-refractivity contribution in [1.82, 2.24) is 20.1 Å². The van der Waals surface area contributed by atoms with Crippen LogP contribution in [-0.2, 0) is 17.8 Å². The van der Waals surface area contributed by atoms with Crippen molar-refractivity contribution in [3.05, 3.63) is 53.9 Å². The van der Waals surface area contributed by atoms with Crippen molar-refractivity contribution in [1.29, 1.82) is 0 Å². The molecular weight excluding hydrogens is 494 g/mol. The SMILES string of the molecule is C[C@H](CO)N1C[C@H](C)[C@@H](CN(C)Cc2ccncc2)Oc2ccc(NC(=O)NC3CCCCC3)cc2CC1=O. The molecule has 0 spiro atoms. The minimum absolute atomic E-state index is 0.0212. The number of aliphatic hydroxyl groups excluding tert-OH is 1. The predicted molar refractivity (Wildman–Crippen MR) is 152 cm³/mol. The molecule has 39 heavy (non-hydrogen) atoms. The van der Waals surface area contributed by atoms with E-state index in [1.807, 2.05) is 37.3 Å². The van der Waals surface area contributed by atoms with Crippen LogP contribution in [-0.4, -0.2) is 76.8 Å². The second-order valence-corrected chi connectivity index (χ2v) is 11.2. The number of hydrogen-bond acceptors (Lipinski definition) is 6. The van der Waals surface area contributed by atoms with E-state index in [2.05, 4.69) is 34.5 Å². The van der Waals surface area contributed by atoms with Gasteiger partial charge in [0.15, 0.2) is 0 Å². The van der Waals surface area contributed by atoms with Gasteiger partial charge in [-0.1, -0.05) is 26.2 Å². The summed E-state index contributed by atoms with van der Waals surface area (Å²) in [4.78, 5) is 34.2. The fraction of sp³-hybridized carbons (Fsp3) is 0.567. The second kappa shape index (κ2) is 13.8. The number of aliphatic hydroxyl groups is 1. The maximum Gasteiger partial charge on any atom is 0.319 e. The molecule has 1 saturated carbocycles. The third-order valence-electron chi connectivity index (χ3n) is 7.81. The Balaban J connectivity index is 1.53. The lowest BCUT2D eigenvalue weighted by molar-refractivity contribution is -0.134. The molecule has 2 heterocycles. The van der Waals surface area contributed by atoms with E-state index in [1.54, 1.807) is 17.3 Å². The molecule has 0 bridgehead atoms. The van der Waals surface area contributed by atoms with Gasteiger partial charge in [0.25, 0.3) is 0 Å². The van der Waals surface area contributed by atoms with Gasteiger partial charge in [-0.3, -0.25) is 14.7 Å². The number of aromatic nitrogens is 1. The second-order valence-electron chi connectivity index (χ2n) is 11.2. The lowest BCUT2D eigenvalue weighted by Gasteiger charge is -2.34. The minimum Gasteiger partial charge on any atom is -0.488 e. The minimum atomic E-state index is -0.306. The highest BCUT2D eigenvalue weighted by Gasteiger charge is 2.31. The van der Waals surface area contributed by atoms with Gasteiger partial charge in [0.2, 0.25) is 5.91 Å². The van der Waals surface area contributed by atoms with Crippen molar-refractivity contribution in [2.24, 2.45) is 5.92 Å². The van der Waals surface area contributed by atoms with Crippen molar-refractivity contribution in [3.63, 3.8) is 0 Å². The molecule has 212 valence electrons. The Kier molecular flexibility index (Phi) is 10.2. The zero-order chi connectivity index (χ0) is 27.8. The van der Waals surface area contributed by atoms with Gasteiger partial charge in [-0.05, 0) is 62.7 Å². The Hall–Kier alpha value is -3.17. The first kappa shape index (κ1) is 28.8. The molecule has 1 fully saturated rings. The number of carbonyl (C=O) groups is 2. The molecule has 4 rings (SSSR count). The number of urea groups is 1. The number of benzene rings is 1. The molecule has 0 saturated heterocycles. The predicted octanol–water partition coefficient (Wildman–Crippen LogP) is 3.82. The van der Waals surface area contributed by atoms with E-state index in [1.165, 1.54) is 6.42 Å². The van der Waals surface area contributed by atoms with Crippen LogP contribution in [0, 0.1) is 5.92 Å². The number of nitrogens with zero attached hydrogens (tertiary/aromatic N) is 3. The van der Waals surface area contributed by atoms with E-state index >= 15 is 0 Å². The molecule has 1 aromatic carbocycles. The van der Waals surface area contributed by atoms with Crippen LogP contribution in [0.3, 0.4) is 0 Å². The van der Waals surface area contributed by atoms with E-state index in [9.17, 15) is 14.7 Å². The summed E-state index contributed by atoms with van der Waals surface area (Å²) in [6.07, 6.45) is 9.05. The Morgan fingerprint density at radius 2 is 1.95 bits per heavy atom. The van der Waals surface area contributed by atoms with Gasteiger partial charge in [0, 0.05) is 55.2 Å². The van der Waals surface area contributed by atoms with Crippen LogP contribution in [0.15, 0.2) is 42.7 Å². The summed E-state index contributed by atoms with van der Waals surface area (Å²) in [5, 5.41) is 15.9. The van der Waals surface area contributed by atoms with Crippen molar-refractivity contribution in [3.8, 4) is 5.75 Å². The quantitative estimate of drug-likeness (QED) is 0.473. The summed E-state index contributed by atoms with van der Waals surface area (Å²) in [5.41, 5.74) is 2.51. The van der Waals surface area contributed by atoms with E-state index in [4.69, 9.17) is 4.74 Å². The maximum atomic E-state index is 13.4. The summed E-state index contributed by atoms with van der Waals surface area (Å²) in [6.45, 7) is 5.73. The van der Waals surface area contributed by atoms with Crippen LogP contribution in [0.4, 0.5) is 10.5 Å². The van der Waals surface area contributed by atoms with Crippen LogP contribution < -0.4 is 15.4 Å². The number of carbonyl (C=O) groups excluding carboxylic acids is 2. The van der Waals surface area contributed by atoms with Crippen LogP contribution in [0.25, 0.3) is 0 Å². The molecule has 2 aliphatic rings. The molecule has 0 radical (unpaired) electrons. The first-order valence-electron chi connectivity index (χ1n) is 14.2. The molecule has 3 atom stereocenters. The van der Waals surface area contributed by atoms with Crippen molar-refractivity contribution < 1.29 is 19.4 Å². The molecule has 1 aromatic heterocycles. The largest absolute Gasteiger partial charge is 0.488 e. The Bertz CT molecular complexity index is 1090. The van der Waals surface area contributed by atoms with Crippen LogP contribution in [0.2, 0.25) is 0 Å². The number of amides is 3. The maximum absolute atomic E-state index is 13.4. The smallest absolute Gasteiger partial charge is 0.319 e. The fourth-order valence-corrected chi connectivity index (χ4v) is 5.50. The zero-order valence-corrected chi connectivity index (χ0v) is 23.4. The number of rotatable bonds is 8. The zero-order valence-electron chi connectivity index (χ0n) is 23.4. The number of nitrogens with one attached hydrogen (secondary N) is 2. The molecule has 3 N–H and O–H groups in total. The monoisotopic (exact) mass is 537 g/mol. The third-order valence-corrected chi connectivity index (χ3v) is 7.81. The Morgan fingerprint density at radius 1 is 1.21 bits per heavy atom. The normalized spacial score (nSPS) is 21.3. The average molecular weight is 538 g/mol. The number of hydrogen-bond donors (Lipinski definition) is 3. The molecule has 1 aliphatic carbocycles. The van der Waals surface area contributed by atoms with E-state index in [0.717, 1.165) is 43.4 Å². The summed E-state index contributed by atoms with van der Waals surface area (Å²) < 4.78 is 6.61. The highest BCUT2D eigenvalue weighted by atomic mass is 16.5. The molecular formula is C30H43N5O4. The topological polar surface area (TPSA) is 107 Å². The van der Waals surface area contributed by atoms with E-state index < -0.39 is 0 Å². The first-order valence-corrected chi connectivity index (χ1v) is 14.2. The van der Waals surface area contributed by atoms with Gasteiger partial charge in [-0.2, -0.15) is 0 Å². The molecule has 9 nitrogen and oxygen atoms in total. The van der Waals surface area contributed by atoms with Crippen LogP contribution in [0.1, 0.15) is 57.1 Å². The highest BCUT2D eigenvalue weighted by Crippen LogP contribution is 2.29. The van der Waals surface area contributed by atoms with E-state index in [0.29, 0.717) is 24.5 Å². The lowest BCUT2D eigenvalue weighted by Crippen LogP contribution is -2.47. The van der Waals surface area contributed by atoms with Gasteiger partial charge in [0.1, 0.15) is 11.9 Å². The van der Waals surface area contributed by atoms with Crippen molar-refractivity contribution in [2.75, 3.05) is 32.1 Å². The van der Waals surface area contributed by atoms with Crippen molar-refractivity contribution >= 4 is 17.6 Å². The summed E-state index contributed by atoms with van der Waals surface area (Å²) >= 11 is 0. The van der Waals surface area contributed by atoms with Gasteiger partial charge in [0.05, 0.1) is 19.1 Å². The highest BCUT2D eigenvalue weighted by molar-refractivity contribution is 5.90. The Morgan fingerprint density at radius 3 is 2.67 bits per heavy atom. The Labute approximate surface area is 231 Å². The molecule has 9 heteroatoms. The van der Waals surface area contributed by atoms with Crippen LogP contribution >= 0.6 is 0 Å². The number of likely N-dealkylation sites (N-methyl/N-ethyl adjacent to an activating group) is 1. The summed E-state index contributed by atoms with van der Waals surface area (Å²) in [5.74, 6) is 0.602. The van der Waals surface area contributed by atoms with Crippen molar-refractivity contribution in [2.45, 2.75) is 77.1 Å². The number of ether oxygens (including phenoxy) is 1. The van der Waals surface area contributed by atoms with Crippen LogP contribution in [0.5, 0.6) is 5.75 Å². The first-order chi connectivity index (χ1) is 18.8. The van der Waals surface area contributed by atoms with Gasteiger partial charge < -0.3 is 25.4 Å². The number of anilines is 1. The summed E-state index contributed by atoms with van der Waals surface area (Å²) in [7, 11) is 2.06. The number of pyridine rings is 1. The fourth-order valence-electron chi connectivity index (χ4n) is 5.50. The number of fused-ring (bicyclic) bond motifs is 1.